The number of hydrogen-bond donors (Lipinski definition) is 1. The number of allylic oxidation sites excluding steroid dienone is 2. The van der Waals surface area contributed by atoms with Crippen LogP contribution in [-0.2, 0) is 10.0 Å². The van der Waals surface area contributed by atoms with Crippen molar-refractivity contribution in [2.24, 2.45) is 5.14 Å². The number of rotatable bonds is 3. The molecule has 0 amide bonds. The van der Waals surface area contributed by atoms with E-state index in [1.807, 2.05) is 25.3 Å². The zero-order valence-corrected chi connectivity index (χ0v) is 14.2. The average Bonchev–Trinajstić information content (AvgIpc) is 2.99. The molecule has 1 aromatic carbocycles. The smallest absolute Gasteiger partial charge is 0.238 e. The molecule has 1 aromatic heterocycles. The zero-order chi connectivity index (χ0) is 16.6. The second kappa shape index (κ2) is 5.91. The molecule has 4 nitrogen and oxygen atoms in total. The molecular formula is C18H20N2O2S. The summed E-state index contributed by atoms with van der Waals surface area (Å²) in [4.78, 5) is 4.62. The lowest BCUT2D eigenvalue weighted by atomic mass is 9.97. The number of aryl methyl sites for hydroxylation is 2. The molecule has 23 heavy (non-hydrogen) atoms. The van der Waals surface area contributed by atoms with Crippen LogP contribution in [-0.4, -0.2) is 13.4 Å². The summed E-state index contributed by atoms with van der Waals surface area (Å²) in [6, 6.07) is 9.02. The first-order valence-corrected chi connectivity index (χ1v) is 9.20. The van der Waals surface area contributed by atoms with Crippen LogP contribution in [0.2, 0.25) is 0 Å². The lowest BCUT2D eigenvalue weighted by Gasteiger charge is -2.10. The zero-order valence-electron chi connectivity index (χ0n) is 13.3. The lowest BCUT2D eigenvalue weighted by Crippen LogP contribution is -2.11. The van der Waals surface area contributed by atoms with Crippen molar-refractivity contribution in [2.45, 2.75) is 38.0 Å². The Morgan fingerprint density at radius 2 is 1.61 bits per heavy atom. The second-order valence-electron chi connectivity index (χ2n) is 6.01. The van der Waals surface area contributed by atoms with Crippen molar-refractivity contribution in [3.05, 3.63) is 58.9 Å². The van der Waals surface area contributed by atoms with E-state index in [0.717, 1.165) is 36.1 Å². The quantitative estimate of drug-likeness (QED) is 0.938. The van der Waals surface area contributed by atoms with Crippen LogP contribution in [0.1, 0.15) is 41.6 Å². The van der Waals surface area contributed by atoms with E-state index in [1.165, 1.54) is 16.7 Å². The van der Waals surface area contributed by atoms with Gasteiger partial charge in [0.15, 0.2) is 0 Å². The Morgan fingerprint density at radius 1 is 1.00 bits per heavy atom. The standard InChI is InChI=1S/C18H20N2O2S/c1-12-10-15(11-20-13(12)2)18-5-3-4-17(18)14-6-8-16(9-7-14)23(19,21)22/h6-11H,3-5H2,1-2H3,(H2,19,21,22). The molecule has 1 heterocycles. The normalized spacial score (nSPS) is 15.3. The molecule has 2 N–H and O–H groups in total. The average molecular weight is 328 g/mol. The monoisotopic (exact) mass is 328 g/mol. The molecule has 0 fully saturated rings. The summed E-state index contributed by atoms with van der Waals surface area (Å²) in [5.41, 5.74) is 7.04. The minimum atomic E-state index is -3.65. The summed E-state index contributed by atoms with van der Waals surface area (Å²) < 4.78 is 22.8. The first-order valence-electron chi connectivity index (χ1n) is 7.65. The van der Waals surface area contributed by atoms with Crippen LogP contribution in [0.15, 0.2) is 41.4 Å². The first kappa shape index (κ1) is 15.9. The van der Waals surface area contributed by atoms with Crippen molar-refractivity contribution < 1.29 is 8.42 Å². The van der Waals surface area contributed by atoms with Crippen LogP contribution < -0.4 is 5.14 Å². The van der Waals surface area contributed by atoms with E-state index in [2.05, 4.69) is 18.0 Å². The molecule has 0 unspecified atom stereocenters. The maximum Gasteiger partial charge on any atom is 0.238 e. The van der Waals surface area contributed by atoms with Crippen LogP contribution in [0.3, 0.4) is 0 Å². The van der Waals surface area contributed by atoms with E-state index in [-0.39, 0.29) is 4.90 Å². The lowest BCUT2D eigenvalue weighted by molar-refractivity contribution is 0.598. The predicted molar refractivity (Wildman–Crippen MR) is 92.2 cm³/mol. The Hall–Kier alpha value is -1.98. The second-order valence-corrected chi connectivity index (χ2v) is 7.57. The fourth-order valence-corrected chi connectivity index (χ4v) is 3.55. The molecule has 0 aliphatic heterocycles. The van der Waals surface area contributed by atoms with E-state index in [9.17, 15) is 8.42 Å². The molecule has 120 valence electrons. The van der Waals surface area contributed by atoms with E-state index >= 15 is 0 Å². The summed E-state index contributed by atoms with van der Waals surface area (Å²) in [5.74, 6) is 0. The number of sulfonamides is 1. The van der Waals surface area contributed by atoms with Gasteiger partial charge in [0.2, 0.25) is 10.0 Å². The van der Waals surface area contributed by atoms with E-state index in [4.69, 9.17) is 5.14 Å². The van der Waals surface area contributed by atoms with Crippen molar-refractivity contribution in [3.63, 3.8) is 0 Å². The van der Waals surface area contributed by atoms with Crippen LogP contribution >= 0.6 is 0 Å². The van der Waals surface area contributed by atoms with Gasteiger partial charge in [-0.3, -0.25) is 4.98 Å². The number of nitrogens with zero attached hydrogens (tertiary/aromatic N) is 1. The topological polar surface area (TPSA) is 73.1 Å². The molecule has 0 radical (unpaired) electrons. The van der Waals surface area contributed by atoms with Crippen molar-refractivity contribution in [1.82, 2.24) is 4.98 Å². The molecule has 0 spiro atoms. The van der Waals surface area contributed by atoms with Gasteiger partial charge >= 0.3 is 0 Å². The first-order chi connectivity index (χ1) is 10.9. The Balaban J connectivity index is 2.04. The summed E-state index contributed by atoms with van der Waals surface area (Å²) in [6.45, 7) is 4.08. The summed E-state index contributed by atoms with van der Waals surface area (Å²) in [7, 11) is -3.65. The number of benzene rings is 1. The highest BCUT2D eigenvalue weighted by Crippen LogP contribution is 2.39. The molecule has 0 bridgehead atoms. The number of aromatic nitrogens is 1. The highest BCUT2D eigenvalue weighted by molar-refractivity contribution is 7.89. The molecule has 2 aromatic rings. The van der Waals surface area contributed by atoms with E-state index < -0.39 is 10.0 Å². The van der Waals surface area contributed by atoms with E-state index in [0.29, 0.717) is 0 Å². The van der Waals surface area contributed by atoms with Crippen LogP contribution in [0.5, 0.6) is 0 Å². The summed E-state index contributed by atoms with van der Waals surface area (Å²) in [6.07, 6.45) is 5.06. The highest BCUT2D eigenvalue weighted by Gasteiger charge is 2.19. The molecular weight excluding hydrogens is 308 g/mol. The SMILES string of the molecule is Cc1cc(C2=C(c3ccc(S(N)(=O)=O)cc3)CCC2)cnc1C. The fraction of sp³-hybridized carbons (Fsp3) is 0.278. The van der Waals surface area contributed by atoms with Gasteiger partial charge in [-0.15, -0.1) is 0 Å². The Kier molecular flexibility index (Phi) is 4.08. The maximum atomic E-state index is 11.4. The molecule has 3 rings (SSSR count). The molecule has 0 saturated heterocycles. The summed E-state index contributed by atoms with van der Waals surface area (Å²) in [5, 5.41) is 5.16. The van der Waals surface area contributed by atoms with Crippen LogP contribution in [0.25, 0.3) is 11.1 Å². The van der Waals surface area contributed by atoms with E-state index in [1.54, 1.807) is 12.1 Å². The molecule has 5 heteroatoms. The van der Waals surface area contributed by atoms with Crippen molar-refractivity contribution in [2.75, 3.05) is 0 Å². The van der Waals surface area contributed by atoms with Crippen LogP contribution in [0, 0.1) is 13.8 Å². The number of primary sulfonamides is 1. The van der Waals surface area contributed by atoms with Crippen molar-refractivity contribution >= 4 is 21.2 Å². The van der Waals surface area contributed by atoms with Gasteiger partial charge in [-0.25, -0.2) is 13.6 Å². The Bertz CT molecular complexity index is 882. The predicted octanol–water partition coefficient (Wildman–Crippen LogP) is 3.44. The summed E-state index contributed by atoms with van der Waals surface area (Å²) >= 11 is 0. The third-order valence-electron chi connectivity index (χ3n) is 4.44. The van der Waals surface area contributed by atoms with Crippen molar-refractivity contribution in [3.8, 4) is 0 Å². The van der Waals surface area contributed by atoms with Gasteiger partial charge in [0.05, 0.1) is 4.90 Å². The minimum Gasteiger partial charge on any atom is -0.261 e. The van der Waals surface area contributed by atoms with Gasteiger partial charge < -0.3 is 0 Å². The third kappa shape index (κ3) is 3.21. The van der Waals surface area contributed by atoms with Gasteiger partial charge in [-0.1, -0.05) is 12.1 Å². The highest BCUT2D eigenvalue weighted by atomic mass is 32.2. The fourth-order valence-electron chi connectivity index (χ4n) is 3.03. The van der Waals surface area contributed by atoms with Gasteiger partial charge in [0.25, 0.3) is 0 Å². The molecule has 1 aliphatic carbocycles. The molecule has 0 saturated carbocycles. The maximum absolute atomic E-state index is 11.4. The third-order valence-corrected chi connectivity index (χ3v) is 5.37. The Morgan fingerprint density at radius 3 is 2.17 bits per heavy atom. The van der Waals surface area contributed by atoms with Gasteiger partial charge in [-0.2, -0.15) is 0 Å². The van der Waals surface area contributed by atoms with Gasteiger partial charge in [-0.05, 0) is 79.1 Å². The molecule has 0 atom stereocenters. The number of nitrogens with two attached hydrogens (primary N) is 1. The van der Waals surface area contributed by atoms with Gasteiger partial charge in [0.1, 0.15) is 0 Å². The number of hydrogen-bond acceptors (Lipinski definition) is 3. The molecule has 1 aliphatic rings. The largest absolute Gasteiger partial charge is 0.261 e. The Labute approximate surface area is 137 Å². The van der Waals surface area contributed by atoms with Crippen molar-refractivity contribution in [1.29, 1.82) is 0 Å². The van der Waals surface area contributed by atoms with Gasteiger partial charge in [0, 0.05) is 11.9 Å². The minimum absolute atomic E-state index is 0.147. The van der Waals surface area contributed by atoms with Crippen LogP contribution in [0.4, 0.5) is 0 Å². The number of pyridine rings is 1.